The third kappa shape index (κ3) is 4.00. The van der Waals surface area contributed by atoms with Crippen LogP contribution in [0.2, 0.25) is 0 Å². The van der Waals surface area contributed by atoms with Gasteiger partial charge in [0.1, 0.15) is 0 Å². The van der Waals surface area contributed by atoms with Crippen molar-refractivity contribution in [1.82, 2.24) is 14.9 Å². The Kier molecular flexibility index (Phi) is 5.13. The first-order chi connectivity index (χ1) is 11.1. The molecule has 0 unspecified atom stereocenters. The first kappa shape index (κ1) is 16.2. The molecule has 124 valence electrons. The molecule has 2 aromatic heterocycles. The lowest BCUT2D eigenvalue weighted by Gasteiger charge is -2.11. The number of imidazole rings is 1. The quantitative estimate of drug-likeness (QED) is 0.881. The molecule has 0 bridgehead atoms. The molecule has 1 fully saturated rings. The fourth-order valence-corrected chi connectivity index (χ4v) is 3.77. The summed E-state index contributed by atoms with van der Waals surface area (Å²) in [7, 11) is 0. The van der Waals surface area contributed by atoms with E-state index >= 15 is 0 Å². The molecule has 3 rings (SSSR count). The van der Waals surface area contributed by atoms with Crippen molar-refractivity contribution in [2.75, 3.05) is 6.61 Å². The van der Waals surface area contributed by atoms with Crippen molar-refractivity contribution >= 4 is 17.2 Å². The first-order valence-electron chi connectivity index (χ1n) is 8.12. The van der Waals surface area contributed by atoms with Crippen LogP contribution in [0.25, 0.3) is 0 Å². The molecule has 1 amide bonds. The average Bonchev–Trinajstić information content (AvgIpc) is 3.25. The van der Waals surface area contributed by atoms with Gasteiger partial charge in [-0.15, -0.1) is 11.3 Å². The van der Waals surface area contributed by atoms with Crippen LogP contribution in [0.1, 0.15) is 53.0 Å². The van der Waals surface area contributed by atoms with Gasteiger partial charge in [0.05, 0.1) is 29.5 Å². The lowest BCUT2D eigenvalue weighted by Crippen LogP contribution is -2.23. The minimum Gasteiger partial charge on any atom is -0.373 e. The molecular weight excluding hydrogens is 310 g/mol. The number of nitrogens with zero attached hydrogens (tertiary/aromatic N) is 2. The Labute approximate surface area is 140 Å². The zero-order valence-electron chi connectivity index (χ0n) is 13.6. The van der Waals surface area contributed by atoms with E-state index in [9.17, 15) is 4.79 Å². The van der Waals surface area contributed by atoms with Gasteiger partial charge in [0.15, 0.2) is 0 Å². The largest absolute Gasteiger partial charge is 0.373 e. The van der Waals surface area contributed by atoms with E-state index in [1.165, 1.54) is 11.3 Å². The van der Waals surface area contributed by atoms with Gasteiger partial charge in [-0.25, -0.2) is 4.98 Å². The summed E-state index contributed by atoms with van der Waals surface area (Å²) in [5.74, 6) is 0.515. The highest BCUT2D eigenvalue weighted by molar-refractivity contribution is 7.14. The molecule has 3 heterocycles. The number of ether oxygens (including phenoxy) is 1. The zero-order chi connectivity index (χ0) is 16.2. The van der Waals surface area contributed by atoms with Crippen molar-refractivity contribution < 1.29 is 9.53 Å². The lowest BCUT2D eigenvalue weighted by molar-refractivity contribution is 0.0954. The molecule has 0 aliphatic carbocycles. The van der Waals surface area contributed by atoms with Crippen molar-refractivity contribution in [2.24, 2.45) is 5.92 Å². The standard InChI is InChI=1S/C17H23N3O2S/c1-12(2)10-20-11-18-8-13(20)9-19-17(21)16-6-5-15(23-16)14-4-3-7-22-14/h5-6,8,11-12,14H,3-4,7,9-10H2,1-2H3,(H,19,21)/t14-/m1/s1. The Morgan fingerprint density at radius 2 is 2.39 bits per heavy atom. The van der Waals surface area contributed by atoms with E-state index in [4.69, 9.17) is 4.74 Å². The summed E-state index contributed by atoms with van der Waals surface area (Å²) in [5, 5.41) is 2.99. The highest BCUT2D eigenvalue weighted by Crippen LogP contribution is 2.33. The number of hydrogen-bond donors (Lipinski definition) is 1. The Morgan fingerprint density at radius 1 is 1.52 bits per heavy atom. The summed E-state index contributed by atoms with van der Waals surface area (Å²) < 4.78 is 7.77. The van der Waals surface area contributed by atoms with E-state index in [1.54, 1.807) is 0 Å². The summed E-state index contributed by atoms with van der Waals surface area (Å²) in [4.78, 5) is 18.4. The van der Waals surface area contributed by atoms with Crippen LogP contribution >= 0.6 is 11.3 Å². The average molecular weight is 333 g/mol. The van der Waals surface area contributed by atoms with Crippen molar-refractivity contribution in [3.8, 4) is 0 Å². The van der Waals surface area contributed by atoms with E-state index in [1.807, 2.05) is 24.7 Å². The fourth-order valence-electron chi connectivity index (χ4n) is 2.76. The predicted molar refractivity (Wildman–Crippen MR) is 90.5 cm³/mol. The Hall–Kier alpha value is -1.66. The molecule has 1 aliphatic rings. The lowest BCUT2D eigenvalue weighted by atomic mass is 10.2. The number of amides is 1. The highest BCUT2D eigenvalue weighted by atomic mass is 32.1. The maximum Gasteiger partial charge on any atom is 0.261 e. The molecule has 0 aromatic carbocycles. The van der Waals surface area contributed by atoms with Crippen molar-refractivity contribution in [1.29, 1.82) is 0 Å². The zero-order valence-corrected chi connectivity index (χ0v) is 14.4. The summed E-state index contributed by atoms with van der Waals surface area (Å²) in [6.07, 6.45) is 5.96. The van der Waals surface area contributed by atoms with Crippen LogP contribution < -0.4 is 5.32 Å². The third-order valence-electron chi connectivity index (χ3n) is 3.89. The topological polar surface area (TPSA) is 56.2 Å². The van der Waals surface area contributed by atoms with Gasteiger partial charge in [0, 0.05) is 24.2 Å². The molecule has 1 saturated heterocycles. The number of carbonyl (C=O) groups excluding carboxylic acids is 1. The minimum atomic E-state index is -0.0310. The van der Waals surface area contributed by atoms with E-state index in [2.05, 4.69) is 28.7 Å². The van der Waals surface area contributed by atoms with Crippen LogP contribution in [0, 0.1) is 5.92 Å². The van der Waals surface area contributed by atoms with Gasteiger partial charge in [-0.1, -0.05) is 13.8 Å². The monoisotopic (exact) mass is 333 g/mol. The summed E-state index contributed by atoms with van der Waals surface area (Å²) >= 11 is 1.53. The fraction of sp³-hybridized carbons (Fsp3) is 0.529. The molecule has 23 heavy (non-hydrogen) atoms. The number of nitrogens with one attached hydrogen (secondary N) is 1. The molecule has 2 aromatic rings. The smallest absolute Gasteiger partial charge is 0.261 e. The maximum atomic E-state index is 12.3. The molecule has 1 atom stereocenters. The number of thiophene rings is 1. The van der Waals surface area contributed by atoms with Gasteiger partial charge in [-0.3, -0.25) is 4.79 Å². The van der Waals surface area contributed by atoms with Gasteiger partial charge >= 0.3 is 0 Å². The molecular formula is C17H23N3O2S. The van der Waals surface area contributed by atoms with Gasteiger partial charge in [0.25, 0.3) is 5.91 Å². The molecule has 0 saturated carbocycles. The van der Waals surface area contributed by atoms with Crippen molar-refractivity contribution in [2.45, 2.75) is 45.9 Å². The second-order valence-electron chi connectivity index (χ2n) is 6.32. The van der Waals surface area contributed by atoms with Crippen LogP contribution in [0.5, 0.6) is 0 Å². The molecule has 6 heteroatoms. The van der Waals surface area contributed by atoms with Gasteiger partial charge in [0.2, 0.25) is 0 Å². The first-order valence-corrected chi connectivity index (χ1v) is 8.93. The Morgan fingerprint density at radius 3 is 3.13 bits per heavy atom. The number of hydrogen-bond acceptors (Lipinski definition) is 4. The summed E-state index contributed by atoms with van der Waals surface area (Å²) in [6, 6.07) is 3.90. The Balaban J connectivity index is 1.58. The second kappa shape index (κ2) is 7.27. The number of aromatic nitrogens is 2. The van der Waals surface area contributed by atoms with E-state index in [-0.39, 0.29) is 12.0 Å². The van der Waals surface area contributed by atoms with Crippen molar-refractivity contribution in [3.63, 3.8) is 0 Å². The SMILES string of the molecule is CC(C)Cn1cncc1CNC(=O)c1ccc([C@H]2CCCO2)s1. The van der Waals surface area contributed by atoms with E-state index < -0.39 is 0 Å². The van der Waals surface area contributed by atoms with Crippen LogP contribution in [-0.2, 0) is 17.8 Å². The maximum absolute atomic E-state index is 12.3. The third-order valence-corrected chi connectivity index (χ3v) is 5.06. The van der Waals surface area contributed by atoms with Crippen LogP contribution in [-0.4, -0.2) is 22.1 Å². The predicted octanol–water partition coefficient (Wildman–Crippen LogP) is 3.38. The highest BCUT2D eigenvalue weighted by Gasteiger charge is 2.20. The minimum absolute atomic E-state index is 0.0310. The molecule has 0 radical (unpaired) electrons. The second-order valence-corrected chi connectivity index (χ2v) is 7.43. The van der Waals surface area contributed by atoms with Gasteiger partial charge in [-0.05, 0) is 30.9 Å². The van der Waals surface area contributed by atoms with Crippen molar-refractivity contribution in [3.05, 3.63) is 40.1 Å². The Bertz CT molecular complexity index is 656. The molecule has 5 nitrogen and oxygen atoms in total. The van der Waals surface area contributed by atoms with Crippen LogP contribution in [0.15, 0.2) is 24.7 Å². The molecule has 1 N–H and O–H groups in total. The van der Waals surface area contributed by atoms with E-state index in [0.717, 1.165) is 41.4 Å². The summed E-state index contributed by atoms with van der Waals surface area (Å²) in [5.41, 5.74) is 1.03. The van der Waals surface area contributed by atoms with Crippen LogP contribution in [0.3, 0.4) is 0 Å². The van der Waals surface area contributed by atoms with Crippen LogP contribution in [0.4, 0.5) is 0 Å². The van der Waals surface area contributed by atoms with Gasteiger partial charge < -0.3 is 14.6 Å². The van der Waals surface area contributed by atoms with E-state index in [0.29, 0.717) is 12.5 Å². The molecule has 0 spiro atoms. The summed E-state index contributed by atoms with van der Waals surface area (Å²) in [6.45, 7) is 6.57. The van der Waals surface area contributed by atoms with Gasteiger partial charge in [-0.2, -0.15) is 0 Å². The normalized spacial score (nSPS) is 17.8. The molecule has 1 aliphatic heterocycles. The number of carbonyl (C=O) groups is 1. The number of rotatable bonds is 6.